The van der Waals surface area contributed by atoms with Crippen LogP contribution in [0, 0.1) is 0 Å². The molecule has 9 nitrogen and oxygen atoms in total. The van der Waals surface area contributed by atoms with Crippen LogP contribution in [0.15, 0.2) is 12.7 Å². The Labute approximate surface area is 125 Å². The first-order valence-corrected chi connectivity index (χ1v) is 5.62. The van der Waals surface area contributed by atoms with E-state index in [-0.39, 0.29) is 36.5 Å². The molecule has 4 atom stereocenters. The van der Waals surface area contributed by atoms with Gasteiger partial charge in [0.25, 0.3) is 0 Å². The number of aromatic nitrogens is 4. The zero-order valence-corrected chi connectivity index (χ0v) is 13.3. The first-order valence-electron chi connectivity index (χ1n) is 5.62. The van der Waals surface area contributed by atoms with Crippen LogP contribution in [0.2, 0.25) is 0 Å². The third-order valence-corrected chi connectivity index (χ3v) is 3.13. The van der Waals surface area contributed by atoms with Gasteiger partial charge in [-0.05, 0) is 0 Å². The van der Waals surface area contributed by atoms with Crippen molar-refractivity contribution in [3.63, 3.8) is 0 Å². The SMILES string of the molecule is OC[C@H]1O[C@@H](n2cnc3c(O)ncnc32)C(O)C1O.[Zn]. The Morgan fingerprint density at radius 3 is 2.60 bits per heavy atom. The predicted molar refractivity (Wildman–Crippen MR) is 60.0 cm³/mol. The Morgan fingerprint density at radius 1 is 1.20 bits per heavy atom. The molecule has 0 amide bonds. The summed E-state index contributed by atoms with van der Waals surface area (Å²) in [5.74, 6) is -0.282. The second-order valence-corrected chi connectivity index (χ2v) is 4.25. The van der Waals surface area contributed by atoms with Gasteiger partial charge in [-0.2, -0.15) is 4.98 Å². The minimum atomic E-state index is -1.23. The molecule has 1 fully saturated rings. The molecule has 2 aromatic heterocycles. The van der Waals surface area contributed by atoms with E-state index in [1.54, 1.807) is 0 Å². The van der Waals surface area contributed by atoms with Crippen LogP contribution in [0.4, 0.5) is 0 Å². The molecule has 1 aliphatic heterocycles. The first kappa shape index (κ1) is 15.2. The molecule has 2 aromatic rings. The van der Waals surface area contributed by atoms with Gasteiger partial charge in [0.1, 0.15) is 24.6 Å². The van der Waals surface area contributed by atoms with E-state index in [2.05, 4.69) is 15.0 Å². The summed E-state index contributed by atoms with van der Waals surface area (Å²) < 4.78 is 6.73. The molecule has 0 bridgehead atoms. The Morgan fingerprint density at radius 2 is 1.95 bits per heavy atom. The van der Waals surface area contributed by atoms with E-state index in [0.29, 0.717) is 0 Å². The zero-order valence-electron chi connectivity index (χ0n) is 10.4. The molecular formula is C10H12N4O5Zn. The number of nitrogens with zero attached hydrogens (tertiary/aromatic N) is 4. The van der Waals surface area contributed by atoms with Gasteiger partial charge in [-0.3, -0.25) is 4.57 Å². The molecule has 0 radical (unpaired) electrons. The number of hydrogen-bond donors (Lipinski definition) is 4. The Balaban J connectivity index is 0.00000147. The van der Waals surface area contributed by atoms with Gasteiger partial charge in [0.15, 0.2) is 17.4 Å². The fourth-order valence-corrected chi connectivity index (χ4v) is 2.14. The second-order valence-electron chi connectivity index (χ2n) is 4.25. The number of fused-ring (bicyclic) bond motifs is 1. The number of imidazole rings is 1. The van der Waals surface area contributed by atoms with E-state index in [9.17, 15) is 15.3 Å². The third kappa shape index (κ3) is 2.19. The maximum atomic E-state index is 9.92. The molecule has 1 aliphatic rings. The zero-order chi connectivity index (χ0) is 13.6. The summed E-state index contributed by atoms with van der Waals surface area (Å²) in [5.41, 5.74) is 0.433. The van der Waals surface area contributed by atoms with Crippen molar-refractivity contribution in [1.29, 1.82) is 0 Å². The van der Waals surface area contributed by atoms with Crippen molar-refractivity contribution in [1.82, 2.24) is 19.5 Å². The van der Waals surface area contributed by atoms with E-state index >= 15 is 0 Å². The number of aliphatic hydroxyl groups excluding tert-OH is 3. The largest absolute Gasteiger partial charge is 0.492 e. The van der Waals surface area contributed by atoms with Gasteiger partial charge in [-0.1, -0.05) is 0 Å². The average molecular weight is 334 g/mol. The molecule has 0 saturated carbocycles. The number of aliphatic hydroxyl groups is 3. The molecule has 20 heavy (non-hydrogen) atoms. The summed E-state index contributed by atoms with van der Waals surface area (Å²) in [6, 6.07) is 0. The smallest absolute Gasteiger partial charge is 0.242 e. The Kier molecular flexibility index (Phi) is 4.31. The van der Waals surface area contributed by atoms with Crippen molar-refractivity contribution >= 4 is 11.2 Å². The summed E-state index contributed by atoms with van der Waals surface area (Å²) in [6.45, 7) is -0.415. The molecule has 2 unspecified atom stereocenters. The van der Waals surface area contributed by atoms with Crippen LogP contribution in [0.5, 0.6) is 5.88 Å². The second kappa shape index (κ2) is 5.67. The van der Waals surface area contributed by atoms with Crippen molar-refractivity contribution in [3.05, 3.63) is 12.7 Å². The predicted octanol–water partition coefficient (Wildman–Crippen LogP) is -1.86. The first-order chi connectivity index (χ1) is 9.13. The van der Waals surface area contributed by atoms with Gasteiger partial charge < -0.3 is 25.2 Å². The van der Waals surface area contributed by atoms with Crippen LogP contribution >= 0.6 is 0 Å². The van der Waals surface area contributed by atoms with Crippen LogP contribution in [0.25, 0.3) is 11.2 Å². The quantitative estimate of drug-likeness (QED) is 0.470. The van der Waals surface area contributed by atoms with E-state index < -0.39 is 31.1 Å². The molecule has 0 spiro atoms. The summed E-state index contributed by atoms with van der Waals surface area (Å²) >= 11 is 0. The topological polar surface area (TPSA) is 134 Å². The monoisotopic (exact) mass is 332 g/mol. The maximum absolute atomic E-state index is 9.92. The Bertz CT molecular complexity index is 608. The van der Waals surface area contributed by atoms with Crippen LogP contribution in [0.3, 0.4) is 0 Å². The number of rotatable bonds is 2. The van der Waals surface area contributed by atoms with Gasteiger partial charge >= 0.3 is 0 Å². The van der Waals surface area contributed by atoms with Crippen molar-refractivity contribution in [2.75, 3.05) is 6.61 Å². The van der Waals surface area contributed by atoms with Gasteiger partial charge in [0, 0.05) is 19.5 Å². The molecule has 4 N–H and O–H groups in total. The molecule has 10 heteroatoms. The molecule has 1 saturated heterocycles. The van der Waals surface area contributed by atoms with Gasteiger partial charge in [0.05, 0.1) is 12.9 Å². The van der Waals surface area contributed by atoms with Crippen molar-refractivity contribution in [2.24, 2.45) is 0 Å². The van der Waals surface area contributed by atoms with Gasteiger partial charge in [0.2, 0.25) is 5.88 Å². The van der Waals surface area contributed by atoms with E-state index in [0.717, 1.165) is 6.33 Å². The Hall–Kier alpha value is -1.19. The number of aromatic hydroxyl groups is 1. The summed E-state index contributed by atoms with van der Waals surface area (Å²) in [5, 5.41) is 38.2. The van der Waals surface area contributed by atoms with Crippen LogP contribution < -0.4 is 0 Å². The molecule has 0 aromatic carbocycles. The minimum absolute atomic E-state index is 0. The fourth-order valence-electron chi connectivity index (χ4n) is 2.14. The molecular weight excluding hydrogens is 322 g/mol. The standard InChI is InChI=1S/C10H12N4O5.Zn/c15-1-4-6(16)7(17)10(19-4)14-3-13-5-8(14)11-2-12-9(5)18;/h2-4,6-7,10,15-17H,1H2,(H,11,12,18);/t4-,6?,7?,10-;/m1./s1. The van der Waals surface area contributed by atoms with Crippen molar-refractivity contribution in [2.45, 2.75) is 24.5 Å². The van der Waals surface area contributed by atoms with E-state index in [1.165, 1.54) is 10.9 Å². The number of hydrogen-bond acceptors (Lipinski definition) is 8. The summed E-state index contributed by atoms with van der Waals surface area (Å²) in [4.78, 5) is 11.5. The maximum Gasteiger partial charge on any atom is 0.242 e. The van der Waals surface area contributed by atoms with Crippen molar-refractivity contribution in [3.8, 4) is 5.88 Å². The fraction of sp³-hybridized carbons (Fsp3) is 0.500. The van der Waals surface area contributed by atoms with Crippen LogP contribution in [-0.4, -0.2) is 64.9 Å². The van der Waals surface area contributed by atoms with Gasteiger partial charge in [-0.15, -0.1) is 0 Å². The van der Waals surface area contributed by atoms with Crippen LogP contribution in [0.1, 0.15) is 6.23 Å². The number of ether oxygens (including phenoxy) is 1. The third-order valence-electron chi connectivity index (χ3n) is 3.13. The minimum Gasteiger partial charge on any atom is -0.492 e. The van der Waals surface area contributed by atoms with Crippen LogP contribution in [-0.2, 0) is 24.2 Å². The van der Waals surface area contributed by atoms with E-state index in [1.807, 2.05) is 0 Å². The normalized spacial score (nSPS) is 29.6. The average Bonchev–Trinajstić information content (AvgIpc) is 2.94. The summed E-state index contributed by atoms with van der Waals surface area (Å²) in [7, 11) is 0. The molecule has 3 heterocycles. The van der Waals surface area contributed by atoms with E-state index in [4.69, 9.17) is 9.84 Å². The molecule has 104 valence electrons. The van der Waals surface area contributed by atoms with Crippen molar-refractivity contribution < 1.29 is 44.6 Å². The molecule has 0 aliphatic carbocycles. The van der Waals surface area contributed by atoms with Gasteiger partial charge in [-0.25, -0.2) is 9.97 Å². The molecule has 3 rings (SSSR count). The summed E-state index contributed by atoms with van der Waals surface area (Å²) in [6.07, 6.45) is -1.79.